The number of ether oxygens (including phenoxy) is 1. The van der Waals surface area contributed by atoms with Crippen molar-refractivity contribution >= 4 is 17.1 Å². The molecule has 0 bridgehead atoms. The number of aromatic carboxylic acids is 1. The zero-order valence-electron chi connectivity index (χ0n) is 16.0. The molecule has 0 radical (unpaired) electrons. The maximum atomic E-state index is 14.8. The van der Waals surface area contributed by atoms with Gasteiger partial charge in [-0.3, -0.25) is 0 Å². The van der Waals surface area contributed by atoms with Crippen molar-refractivity contribution in [3.63, 3.8) is 0 Å². The number of aryl methyl sites for hydroxylation is 1. The molecule has 0 aliphatic carbocycles. The lowest BCUT2D eigenvalue weighted by Crippen LogP contribution is -2.41. The van der Waals surface area contributed by atoms with Crippen molar-refractivity contribution in [2.75, 3.05) is 26.7 Å². The summed E-state index contributed by atoms with van der Waals surface area (Å²) < 4.78 is 41.1. The highest BCUT2D eigenvalue weighted by molar-refractivity contribution is 5.90. The molecule has 3 heterocycles. The zero-order chi connectivity index (χ0) is 20.7. The van der Waals surface area contributed by atoms with Gasteiger partial charge in [0.25, 0.3) is 0 Å². The highest BCUT2D eigenvalue weighted by atomic mass is 19.1. The summed E-state index contributed by atoms with van der Waals surface area (Å²) in [4.78, 5) is 17.6. The largest absolute Gasteiger partial charge is 0.478 e. The van der Waals surface area contributed by atoms with Crippen LogP contribution < -0.4 is 0 Å². The van der Waals surface area contributed by atoms with Gasteiger partial charge in [-0.15, -0.1) is 0 Å². The van der Waals surface area contributed by atoms with Crippen LogP contribution in [0.2, 0.25) is 0 Å². The summed E-state index contributed by atoms with van der Waals surface area (Å²) in [5, 5.41) is 9.70. The molecule has 1 N–H and O–H groups in total. The summed E-state index contributed by atoms with van der Waals surface area (Å²) in [6.07, 6.45) is 0.218. The lowest BCUT2D eigenvalue weighted by Gasteiger charge is -2.30. The summed E-state index contributed by atoms with van der Waals surface area (Å²) in [5.74, 6) is -3.39. The van der Waals surface area contributed by atoms with Crippen LogP contribution in [0.15, 0.2) is 28.7 Å². The third-order valence-electron chi connectivity index (χ3n) is 5.09. The van der Waals surface area contributed by atoms with E-state index in [1.165, 1.54) is 0 Å². The van der Waals surface area contributed by atoms with Crippen LogP contribution in [0, 0.1) is 18.6 Å². The Labute approximate surface area is 165 Å². The lowest BCUT2D eigenvalue weighted by atomic mass is 9.98. The van der Waals surface area contributed by atoms with Gasteiger partial charge in [0.1, 0.15) is 17.4 Å². The van der Waals surface area contributed by atoms with Crippen LogP contribution in [0.1, 0.15) is 21.6 Å². The van der Waals surface area contributed by atoms with Crippen LogP contribution in [0.25, 0.3) is 22.4 Å². The second-order valence-electron chi connectivity index (χ2n) is 7.29. The topological polar surface area (TPSA) is 75.8 Å². The van der Waals surface area contributed by atoms with Crippen LogP contribution >= 0.6 is 0 Å². The zero-order valence-corrected chi connectivity index (χ0v) is 16.0. The SMILES string of the molecule is Cc1ccc2c(C[C@H]3CN(C)CCO3)c(-c3c(F)cc(C(=O)O)cc3F)oc2n1. The predicted octanol–water partition coefficient (Wildman–Crippen LogP) is 3.65. The standard InChI is InChI=1S/C21H20F2N2O4/c1-11-3-4-14-15(9-13-10-25(2)5-6-28-13)19(29-20(14)24-11)18-16(22)7-12(21(26)27)8-17(18)23/h3-4,7-8,13H,5-6,9-10H2,1-2H3,(H,26,27)/t13-/m0/s1. The van der Waals surface area contributed by atoms with Crippen LogP contribution in [-0.4, -0.2) is 53.8 Å². The van der Waals surface area contributed by atoms with Crippen molar-refractivity contribution < 1.29 is 27.8 Å². The van der Waals surface area contributed by atoms with Gasteiger partial charge in [0.2, 0.25) is 5.71 Å². The van der Waals surface area contributed by atoms with E-state index >= 15 is 0 Å². The molecule has 0 saturated carbocycles. The van der Waals surface area contributed by atoms with Crippen molar-refractivity contribution in [1.82, 2.24) is 9.88 Å². The molecule has 1 aliphatic rings. The molecule has 0 unspecified atom stereocenters. The fourth-order valence-electron chi connectivity index (χ4n) is 3.66. The van der Waals surface area contributed by atoms with Gasteiger partial charge in [-0.25, -0.2) is 18.6 Å². The van der Waals surface area contributed by atoms with Gasteiger partial charge in [0.15, 0.2) is 0 Å². The predicted molar refractivity (Wildman–Crippen MR) is 102 cm³/mol. The average molecular weight is 402 g/mol. The van der Waals surface area contributed by atoms with E-state index in [-0.39, 0.29) is 17.6 Å². The molecule has 152 valence electrons. The molecular weight excluding hydrogens is 382 g/mol. The number of benzene rings is 1. The van der Waals surface area contributed by atoms with E-state index in [0.717, 1.165) is 18.7 Å². The first-order chi connectivity index (χ1) is 13.8. The number of furan rings is 1. The number of morpholine rings is 1. The molecule has 8 heteroatoms. The number of pyridine rings is 1. The number of fused-ring (bicyclic) bond motifs is 1. The fourth-order valence-corrected chi connectivity index (χ4v) is 3.66. The van der Waals surface area contributed by atoms with Gasteiger partial charge in [-0.2, -0.15) is 0 Å². The van der Waals surface area contributed by atoms with Gasteiger partial charge >= 0.3 is 5.97 Å². The van der Waals surface area contributed by atoms with Crippen LogP contribution in [0.3, 0.4) is 0 Å². The van der Waals surface area contributed by atoms with Crippen molar-refractivity contribution in [2.45, 2.75) is 19.4 Å². The molecule has 1 aromatic carbocycles. The number of nitrogens with zero attached hydrogens (tertiary/aromatic N) is 2. The summed E-state index contributed by atoms with van der Waals surface area (Å²) in [6, 6.07) is 5.20. The van der Waals surface area contributed by atoms with Crippen LogP contribution in [0.4, 0.5) is 8.78 Å². The number of halogens is 2. The molecule has 1 aliphatic heterocycles. The molecule has 1 fully saturated rings. The highest BCUT2D eigenvalue weighted by Gasteiger charge is 2.28. The first kappa shape index (κ1) is 19.5. The van der Waals surface area contributed by atoms with Crippen molar-refractivity contribution in [3.8, 4) is 11.3 Å². The number of hydrogen-bond acceptors (Lipinski definition) is 5. The highest BCUT2D eigenvalue weighted by Crippen LogP contribution is 2.37. The Kier molecular flexibility index (Phi) is 5.06. The number of rotatable bonds is 4. The Morgan fingerprint density at radius 3 is 2.69 bits per heavy atom. The lowest BCUT2D eigenvalue weighted by molar-refractivity contribution is -0.0184. The van der Waals surface area contributed by atoms with E-state index < -0.39 is 28.7 Å². The second-order valence-corrected chi connectivity index (χ2v) is 7.29. The molecule has 1 saturated heterocycles. The fraction of sp³-hybridized carbons (Fsp3) is 0.333. The molecule has 4 rings (SSSR count). The smallest absolute Gasteiger partial charge is 0.335 e. The van der Waals surface area contributed by atoms with Crippen molar-refractivity contribution in [3.05, 3.63) is 52.7 Å². The van der Waals surface area contributed by atoms with Gasteiger partial charge < -0.3 is 19.2 Å². The molecule has 0 spiro atoms. The maximum Gasteiger partial charge on any atom is 0.335 e. The van der Waals surface area contributed by atoms with E-state index in [0.29, 0.717) is 36.2 Å². The van der Waals surface area contributed by atoms with E-state index in [4.69, 9.17) is 14.3 Å². The molecule has 6 nitrogen and oxygen atoms in total. The molecular formula is C21H20F2N2O4. The minimum atomic E-state index is -1.41. The van der Waals surface area contributed by atoms with E-state index in [1.807, 2.05) is 13.1 Å². The van der Waals surface area contributed by atoms with Crippen molar-refractivity contribution in [1.29, 1.82) is 0 Å². The summed E-state index contributed by atoms with van der Waals surface area (Å²) >= 11 is 0. The first-order valence-corrected chi connectivity index (χ1v) is 9.25. The molecule has 3 aromatic rings. The summed E-state index contributed by atoms with van der Waals surface area (Å²) in [6.45, 7) is 3.85. The molecule has 2 aromatic heterocycles. The Morgan fingerprint density at radius 1 is 1.31 bits per heavy atom. The molecule has 29 heavy (non-hydrogen) atoms. The first-order valence-electron chi connectivity index (χ1n) is 9.25. The Morgan fingerprint density at radius 2 is 2.03 bits per heavy atom. The number of hydrogen-bond donors (Lipinski definition) is 1. The maximum absolute atomic E-state index is 14.8. The van der Waals surface area contributed by atoms with Crippen molar-refractivity contribution in [2.24, 2.45) is 0 Å². The van der Waals surface area contributed by atoms with E-state index in [1.54, 1.807) is 13.0 Å². The Hall–Kier alpha value is -2.84. The quantitative estimate of drug-likeness (QED) is 0.718. The Bertz CT molecular complexity index is 1070. The number of carboxylic acid groups (broad SMARTS) is 1. The molecule has 0 amide bonds. The van der Waals surface area contributed by atoms with Gasteiger partial charge in [0, 0.05) is 36.2 Å². The minimum Gasteiger partial charge on any atom is -0.478 e. The number of likely N-dealkylation sites (N-methyl/N-ethyl adjacent to an activating group) is 1. The van der Waals surface area contributed by atoms with Gasteiger partial charge in [0.05, 0.1) is 23.8 Å². The van der Waals surface area contributed by atoms with E-state index in [9.17, 15) is 13.6 Å². The normalized spacial score (nSPS) is 17.7. The second kappa shape index (κ2) is 7.53. The number of carboxylic acids is 1. The van der Waals surface area contributed by atoms with Crippen LogP contribution in [-0.2, 0) is 11.2 Å². The Balaban J connectivity index is 1.87. The average Bonchev–Trinajstić information content (AvgIpc) is 2.98. The monoisotopic (exact) mass is 402 g/mol. The van der Waals surface area contributed by atoms with E-state index in [2.05, 4.69) is 9.88 Å². The van der Waals surface area contributed by atoms with Gasteiger partial charge in [-0.1, -0.05) is 0 Å². The summed E-state index contributed by atoms with van der Waals surface area (Å²) in [7, 11) is 1.98. The third kappa shape index (κ3) is 3.73. The number of aromatic nitrogens is 1. The third-order valence-corrected chi connectivity index (χ3v) is 5.09. The summed E-state index contributed by atoms with van der Waals surface area (Å²) in [5.41, 5.74) is 0.714. The van der Waals surface area contributed by atoms with Gasteiger partial charge in [-0.05, 0) is 38.2 Å². The van der Waals surface area contributed by atoms with Crippen LogP contribution in [0.5, 0.6) is 0 Å². The minimum absolute atomic E-state index is 0.0156. The molecule has 1 atom stereocenters. The number of carbonyl (C=O) groups is 1.